The van der Waals surface area contributed by atoms with E-state index < -0.39 is 24.4 Å². The Kier molecular flexibility index (Phi) is 6.93. The smallest absolute Gasteiger partial charge is 0.364 e. The molecule has 0 aliphatic heterocycles. The first-order chi connectivity index (χ1) is 16.5. The van der Waals surface area contributed by atoms with E-state index >= 15 is 0 Å². The molecule has 0 radical (unpaired) electrons. The molecule has 2 aromatic heterocycles. The third-order valence-electron chi connectivity index (χ3n) is 6.41. The zero-order chi connectivity index (χ0) is 25.3. The number of hydrogen-bond acceptors (Lipinski definition) is 5. The van der Waals surface area contributed by atoms with Gasteiger partial charge in [-0.05, 0) is 60.9 Å². The largest absolute Gasteiger partial charge is 0.405 e. The molecule has 2 heterocycles. The summed E-state index contributed by atoms with van der Waals surface area (Å²) in [6, 6.07) is 5.64. The van der Waals surface area contributed by atoms with E-state index in [0.717, 1.165) is 35.8 Å². The maximum absolute atomic E-state index is 14.6. The van der Waals surface area contributed by atoms with Crippen molar-refractivity contribution in [2.24, 2.45) is 11.7 Å². The number of nitrogens with two attached hydrogens (primary N) is 1. The van der Waals surface area contributed by atoms with Gasteiger partial charge in [0.15, 0.2) is 0 Å². The highest BCUT2D eigenvalue weighted by Crippen LogP contribution is 2.38. The van der Waals surface area contributed by atoms with Crippen molar-refractivity contribution >= 4 is 28.2 Å². The predicted octanol–water partition coefficient (Wildman–Crippen LogP) is 5.25. The van der Waals surface area contributed by atoms with Crippen LogP contribution in [0.2, 0.25) is 0 Å². The van der Waals surface area contributed by atoms with Crippen LogP contribution in [0.5, 0.6) is 0 Å². The second-order valence-corrected chi connectivity index (χ2v) is 9.34. The molecule has 0 spiro atoms. The van der Waals surface area contributed by atoms with E-state index in [2.05, 4.69) is 22.2 Å². The first kappa shape index (κ1) is 24.8. The summed E-state index contributed by atoms with van der Waals surface area (Å²) >= 11 is 0. The molecule has 10 heteroatoms. The Morgan fingerprint density at radius 3 is 2.69 bits per heavy atom. The van der Waals surface area contributed by atoms with Crippen molar-refractivity contribution < 1.29 is 22.4 Å². The van der Waals surface area contributed by atoms with Crippen molar-refractivity contribution in [1.82, 2.24) is 9.97 Å². The lowest BCUT2D eigenvalue weighted by atomic mass is 9.76. The number of anilines is 2. The summed E-state index contributed by atoms with van der Waals surface area (Å²) in [5, 5.41) is 2.83. The van der Waals surface area contributed by atoms with Gasteiger partial charge < -0.3 is 16.0 Å². The second-order valence-electron chi connectivity index (χ2n) is 9.34. The fourth-order valence-corrected chi connectivity index (χ4v) is 4.89. The molecular weight excluding hydrogens is 462 g/mol. The lowest BCUT2D eigenvalue weighted by molar-refractivity contribution is -0.119. The van der Waals surface area contributed by atoms with Crippen LogP contribution >= 0.6 is 0 Å². The number of aromatic nitrogens is 2. The molecule has 3 N–H and O–H groups in total. The number of nitrogens with one attached hydrogen (secondary N) is 1. The van der Waals surface area contributed by atoms with Crippen molar-refractivity contribution in [2.45, 2.75) is 44.3 Å². The Hall–Kier alpha value is -3.27. The second kappa shape index (κ2) is 9.77. The van der Waals surface area contributed by atoms with E-state index in [1.54, 1.807) is 12.4 Å². The van der Waals surface area contributed by atoms with E-state index in [-0.39, 0.29) is 34.1 Å². The summed E-state index contributed by atoms with van der Waals surface area (Å²) in [5.74, 6) is -0.572. The molecule has 1 aliphatic carbocycles. The van der Waals surface area contributed by atoms with Crippen LogP contribution in [0.25, 0.3) is 10.9 Å². The number of hydrogen-bond donors (Lipinski definition) is 2. The van der Waals surface area contributed by atoms with Gasteiger partial charge in [0.25, 0.3) is 5.91 Å². The van der Waals surface area contributed by atoms with E-state index in [1.165, 1.54) is 25.4 Å². The molecule has 4 rings (SSSR count). The molecule has 1 aromatic carbocycles. The number of nitrogens with zero attached hydrogens (tertiary/aromatic N) is 3. The summed E-state index contributed by atoms with van der Waals surface area (Å²) in [4.78, 5) is 22.4. The molecular formula is C25H27F4N5O. The summed E-state index contributed by atoms with van der Waals surface area (Å²) in [6.45, 7) is 0.942. The molecule has 3 aromatic rings. The van der Waals surface area contributed by atoms with E-state index in [0.29, 0.717) is 11.6 Å². The highest BCUT2D eigenvalue weighted by atomic mass is 19.4. The quantitative estimate of drug-likeness (QED) is 0.478. The first-order valence-electron chi connectivity index (χ1n) is 11.4. The molecule has 1 saturated carbocycles. The summed E-state index contributed by atoms with van der Waals surface area (Å²) in [5.41, 5.74) is 7.96. The highest BCUT2D eigenvalue weighted by Gasteiger charge is 2.30. The summed E-state index contributed by atoms with van der Waals surface area (Å²) in [6.07, 6.45) is 2.71. The number of pyridine rings is 2. The Morgan fingerprint density at radius 1 is 1.20 bits per heavy atom. The number of alkyl halides is 3. The molecule has 0 saturated heterocycles. The van der Waals surface area contributed by atoms with E-state index in [4.69, 9.17) is 5.73 Å². The lowest BCUT2D eigenvalue weighted by Gasteiger charge is -2.32. The molecule has 1 aliphatic rings. The lowest BCUT2D eigenvalue weighted by Crippen LogP contribution is -2.31. The number of carbonyl (C=O) groups excluding carboxylic acids is 1. The predicted molar refractivity (Wildman–Crippen MR) is 127 cm³/mol. The average Bonchev–Trinajstić information content (AvgIpc) is 2.77. The number of rotatable bonds is 5. The molecule has 186 valence electrons. The van der Waals surface area contributed by atoms with Crippen LogP contribution in [0, 0.1) is 11.7 Å². The van der Waals surface area contributed by atoms with Gasteiger partial charge in [-0.25, -0.2) is 4.39 Å². The molecule has 35 heavy (non-hydrogen) atoms. The third-order valence-corrected chi connectivity index (χ3v) is 6.41. The minimum absolute atomic E-state index is 0.0392. The van der Waals surface area contributed by atoms with E-state index in [9.17, 15) is 22.4 Å². The van der Waals surface area contributed by atoms with Crippen LogP contribution in [0.1, 0.15) is 48.0 Å². The van der Waals surface area contributed by atoms with Crippen molar-refractivity contribution in [3.05, 3.63) is 59.8 Å². The highest BCUT2D eigenvalue weighted by molar-refractivity contribution is 6.12. The number of halogens is 4. The van der Waals surface area contributed by atoms with Crippen LogP contribution < -0.4 is 16.0 Å². The molecule has 1 amide bonds. The molecule has 1 fully saturated rings. The van der Waals surface area contributed by atoms with Crippen molar-refractivity contribution in [3.63, 3.8) is 0 Å². The van der Waals surface area contributed by atoms with Crippen LogP contribution in [-0.4, -0.2) is 41.7 Å². The minimum Gasteiger partial charge on any atom is -0.364 e. The first-order valence-corrected chi connectivity index (χ1v) is 11.4. The zero-order valence-electron chi connectivity index (χ0n) is 19.4. The molecule has 0 unspecified atom stereocenters. The van der Waals surface area contributed by atoms with Crippen LogP contribution in [0.3, 0.4) is 0 Å². The SMILES string of the molecule is C[C@@H]1C[C@H](N)C[C@H](c2ccncc2NC(=O)c2ccc(F)c3cc(N(C)CC(F)(F)F)cnc23)C1. The fourth-order valence-electron chi connectivity index (χ4n) is 4.89. The Morgan fingerprint density at radius 2 is 1.97 bits per heavy atom. The van der Waals surface area contributed by atoms with Crippen molar-refractivity contribution in [1.29, 1.82) is 0 Å². The number of fused-ring (bicyclic) bond motifs is 1. The maximum atomic E-state index is 14.6. The van der Waals surface area contributed by atoms with Gasteiger partial charge >= 0.3 is 6.18 Å². The molecule has 6 nitrogen and oxygen atoms in total. The topological polar surface area (TPSA) is 84.1 Å². The Bertz CT molecular complexity index is 1220. The number of amides is 1. The van der Waals surface area contributed by atoms with Gasteiger partial charge in [-0.15, -0.1) is 0 Å². The summed E-state index contributed by atoms with van der Waals surface area (Å²) < 4.78 is 52.9. The fraction of sp³-hybridized carbons (Fsp3) is 0.400. The van der Waals surface area contributed by atoms with Gasteiger partial charge in [0, 0.05) is 24.7 Å². The van der Waals surface area contributed by atoms with Gasteiger partial charge in [-0.2, -0.15) is 13.2 Å². The standard InChI is InChI=1S/C25H27F4N5O/c1-14-7-15(9-16(30)8-14)18-5-6-31-12-22(18)33-24(35)19-3-4-21(26)20-10-17(11-32-23(19)20)34(2)13-25(27,28)29/h3-6,10-12,14-16H,7-9,13,30H2,1-2H3,(H,33,35)/t14-,15+,16-/m0/s1. The van der Waals surface area contributed by atoms with Gasteiger partial charge in [0.1, 0.15) is 12.4 Å². The van der Waals surface area contributed by atoms with Gasteiger partial charge in [-0.3, -0.25) is 14.8 Å². The van der Waals surface area contributed by atoms with Gasteiger partial charge in [-0.1, -0.05) is 6.92 Å². The normalized spacial score (nSPS) is 20.6. The van der Waals surface area contributed by atoms with Crippen LogP contribution in [0.4, 0.5) is 28.9 Å². The number of carbonyl (C=O) groups is 1. The zero-order valence-corrected chi connectivity index (χ0v) is 19.4. The maximum Gasteiger partial charge on any atom is 0.405 e. The molecule has 3 atom stereocenters. The summed E-state index contributed by atoms with van der Waals surface area (Å²) in [7, 11) is 1.24. The van der Waals surface area contributed by atoms with Crippen LogP contribution in [-0.2, 0) is 0 Å². The average molecular weight is 490 g/mol. The van der Waals surface area contributed by atoms with Gasteiger partial charge in [0.05, 0.1) is 34.8 Å². The minimum atomic E-state index is -4.43. The monoisotopic (exact) mass is 489 g/mol. The van der Waals surface area contributed by atoms with E-state index in [1.807, 2.05) is 6.07 Å². The number of benzene rings is 1. The Labute approximate surface area is 200 Å². The Balaban J connectivity index is 1.64. The third kappa shape index (κ3) is 5.70. The molecule has 0 bridgehead atoms. The van der Waals surface area contributed by atoms with Crippen molar-refractivity contribution in [3.8, 4) is 0 Å². The van der Waals surface area contributed by atoms with Gasteiger partial charge in [0.2, 0.25) is 0 Å². The van der Waals surface area contributed by atoms with Crippen molar-refractivity contribution in [2.75, 3.05) is 23.8 Å². The van der Waals surface area contributed by atoms with Crippen LogP contribution in [0.15, 0.2) is 42.9 Å².